The van der Waals surface area contributed by atoms with Crippen LogP contribution in [0.4, 0.5) is 13.2 Å². The zero-order valence-electron chi connectivity index (χ0n) is 24.7. The molecule has 4 atom stereocenters. The highest BCUT2D eigenvalue weighted by Crippen LogP contribution is 2.34. The molecule has 1 amide bonds. The summed E-state index contributed by atoms with van der Waals surface area (Å²) < 4.78 is 53.0. The Morgan fingerprint density at radius 2 is 1.80 bits per heavy atom. The first-order valence-corrected chi connectivity index (χ1v) is 14.7. The Labute approximate surface area is 254 Å². The molecule has 236 valence electrons. The number of nitrogens with one attached hydrogen (secondary N) is 1. The molecule has 11 heteroatoms. The summed E-state index contributed by atoms with van der Waals surface area (Å²) in [5.74, 6) is -1.96. The third-order valence-electron chi connectivity index (χ3n) is 8.00. The Morgan fingerprint density at radius 3 is 2.48 bits per heavy atom. The number of rotatable bonds is 10. The van der Waals surface area contributed by atoms with Crippen molar-refractivity contribution < 1.29 is 42.1 Å². The first-order chi connectivity index (χ1) is 21.0. The van der Waals surface area contributed by atoms with E-state index < -0.39 is 36.1 Å². The summed E-state index contributed by atoms with van der Waals surface area (Å²) in [7, 11) is 1.35. The molecule has 1 aliphatic heterocycles. The number of ether oxygens (including phenoxy) is 3. The number of carbonyl (C=O) groups is 2. The number of hydrogen-bond donors (Lipinski definition) is 2. The van der Waals surface area contributed by atoms with Crippen LogP contribution in [0.15, 0.2) is 66.9 Å². The number of carbonyl (C=O) groups excluding carboxylic acids is 2. The maximum atomic E-state index is 13.3. The third-order valence-corrected chi connectivity index (χ3v) is 8.00. The molecular formula is C33H37F3N2O6. The van der Waals surface area contributed by atoms with E-state index in [0.717, 1.165) is 31.2 Å². The van der Waals surface area contributed by atoms with E-state index in [4.69, 9.17) is 9.47 Å². The van der Waals surface area contributed by atoms with E-state index in [2.05, 4.69) is 27.2 Å². The van der Waals surface area contributed by atoms with Crippen molar-refractivity contribution in [2.45, 2.75) is 70.4 Å². The molecule has 0 aliphatic carbocycles. The molecule has 8 nitrogen and oxygen atoms in total. The minimum atomic E-state index is -4.78. The molecule has 4 rings (SSSR count). The molecule has 0 saturated carbocycles. The molecule has 0 unspecified atom stereocenters. The van der Waals surface area contributed by atoms with Gasteiger partial charge in [-0.05, 0) is 74.6 Å². The highest BCUT2D eigenvalue weighted by atomic mass is 19.4. The van der Waals surface area contributed by atoms with Gasteiger partial charge in [0.2, 0.25) is 0 Å². The van der Waals surface area contributed by atoms with Gasteiger partial charge in [0.15, 0.2) is 17.2 Å². The lowest BCUT2D eigenvalue weighted by Gasteiger charge is -2.31. The summed E-state index contributed by atoms with van der Waals surface area (Å²) in [6.45, 7) is 1.81. The molecule has 1 aliphatic rings. The highest BCUT2D eigenvalue weighted by molar-refractivity contribution is 5.97. The maximum absolute atomic E-state index is 13.3. The number of hydrogen-bond acceptors (Lipinski definition) is 7. The zero-order valence-corrected chi connectivity index (χ0v) is 24.7. The van der Waals surface area contributed by atoms with Gasteiger partial charge in [0, 0.05) is 18.2 Å². The zero-order chi connectivity index (χ0) is 31.7. The van der Waals surface area contributed by atoms with Gasteiger partial charge in [-0.2, -0.15) is 0 Å². The Bertz CT molecular complexity index is 1380. The van der Waals surface area contributed by atoms with Crippen molar-refractivity contribution in [3.8, 4) is 17.2 Å². The molecule has 0 bridgehead atoms. The molecular weight excluding hydrogens is 577 g/mol. The van der Waals surface area contributed by atoms with Crippen molar-refractivity contribution in [3.05, 3.63) is 83.7 Å². The lowest BCUT2D eigenvalue weighted by Crippen LogP contribution is -2.43. The quantitative estimate of drug-likeness (QED) is 0.254. The Hall–Kier alpha value is -4.28. The average Bonchev–Trinajstić information content (AvgIpc) is 3.03. The fourth-order valence-electron chi connectivity index (χ4n) is 5.78. The topological polar surface area (TPSA) is 107 Å². The number of cyclic esters (lactones) is 1. The number of methoxy groups -OCH3 is 1. The van der Waals surface area contributed by atoms with E-state index in [1.807, 2.05) is 25.1 Å². The molecule has 2 aromatic carbocycles. The second-order valence-corrected chi connectivity index (χ2v) is 11.0. The van der Waals surface area contributed by atoms with Crippen molar-refractivity contribution in [2.75, 3.05) is 7.11 Å². The molecule has 0 radical (unpaired) electrons. The largest absolute Gasteiger partial charge is 0.573 e. The van der Waals surface area contributed by atoms with Crippen LogP contribution in [0.3, 0.4) is 0 Å². The van der Waals surface area contributed by atoms with Crippen molar-refractivity contribution in [2.24, 2.45) is 11.8 Å². The van der Waals surface area contributed by atoms with Crippen LogP contribution in [0.5, 0.6) is 17.2 Å². The van der Waals surface area contributed by atoms with Crippen LogP contribution in [0.25, 0.3) is 0 Å². The van der Waals surface area contributed by atoms with Gasteiger partial charge in [-0.1, -0.05) is 48.9 Å². The van der Waals surface area contributed by atoms with Crippen molar-refractivity contribution in [1.82, 2.24) is 10.3 Å². The Balaban J connectivity index is 1.51. The van der Waals surface area contributed by atoms with Gasteiger partial charge in [-0.3, -0.25) is 4.79 Å². The average molecular weight is 615 g/mol. The second-order valence-electron chi connectivity index (χ2n) is 11.0. The normalized spacial score (nSPS) is 20.9. The number of halogens is 3. The monoisotopic (exact) mass is 614 g/mol. The highest BCUT2D eigenvalue weighted by Gasteiger charge is 2.35. The van der Waals surface area contributed by atoms with Gasteiger partial charge in [-0.15, -0.1) is 13.2 Å². The lowest BCUT2D eigenvalue weighted by atomic mass is 9.77. The summed E-state index contributed by atoms with van der Waals surface area (Å²) >= 11 is 0. The number of nitrogens with zero attached hydrogens (tertiary/aromatic N) is 1. The third kappa shape index (κ3) is 9.11. The molecule has 2 N–H and O–H groups in total. The van der Waals surface area contributed by atoms with Crippen LogP contribution in [-0.4, -0.2) is 47.6 Å². The second kappa shape index (κ2) is 14.9. The standard InChI is InChI=1S/C33H37F3N2O6/c1-21-26(20-23-14-16-25(17-15-23)44-33(34,35)36)24(11-6-10-22-8-4-3-5-9-22)12-7-13-27(32(41)43-21)38-31(40)29-30(39)28(42-2)18-19-37-29/h3-5,8-9,14-19,21,24,26-27,39H,6-7,10-13,20H2,1-2H3,(H,38,40)/t21-,24+,26-,27-/m0/s1. The number of benzene rings is 2. The van der Waals surface area contributed by atoms with Crippen LogP contribution < -0.4 is 14.8 Å². The van der Waals surface area contributed by atoms with E-state index in [0.29, 0.717) is 19.3 Å². The van der Waals surface area contributed by atoms with Crippen LogP contribution >= 0.6 is 0 Å². The minimum Gasteiger partial charge on any atom is -0.503 e. The molecule has 1 aromatic heterocycles. The smallest absolute Gasteiger partial charge is 0.503 e. The first kappa shape index (κ1) is 32.6. The predicted octanol–water partition coefficient (Wildman–Crippen LogP) is 6.41. The Morgan fingerprint density at radius 1 is 1.07 bits per heavy atom. The van der Waals surface area contributed by atoms with Crippen LogP contribution in [0.1, 0.15) is 60.6 Å². The number of alkyl halides is 3. The Kier molecular flexibility index (Phi) is 11.1. The molecule has 1 fully saturated rings. The first-order valence-electron chi connectivity index (χ1n) is 14.7. The molecule has 2 heterocycles. The van der Waals surface area contributed by atoms with Crippen molar-refractivity contribution in [1.29, 1.82) is 0 Å². The summed E-state index contributed by atoms with van der Waals surface area (Å²) in [5, 5.41) is 13.0. The number of aromatic nitrogens is 1. The van der Waals surface area contributed by atoms with Crippen molar-refractivity contribution in [3.63, 3.8) is 0 Å². The summed E-state index contributed by atoms with van der Waals surface area (Å²) in [5.41, 5.74) is 1.76. The summed E-state index contributed by atoms with van der Waals surface area (Å²) in [6.07, 6.45) is 0.833. The number of aryl methyl sites for hydroxylation is 1. The fraction of sp³-hybridized carbons (Fsp3) is 0.424. The van der Waals surface area contributed by atoms with E-state index in [9.17, 15) is 27.9 Å². The van der Waals surface area contributed by atoms with E-state index in [-0.39, 0.29) is 29.0 Å². The number of esters is 1. The number of amides is 1. The van der Waals surface area contributed by atoms with Gasteiger partial charge >= 0.3 is 12.3 Å². The SMILES string of the molecule is COc1ccnc(C(=O)N[C@H]2CCC[C@@H](CCCc3ccccc3)[C@@H](Cc3ccc(OC(F)(F)F)cc3)[C@H](C)OC2=O)c1O. The lowest BCUT2D eigenvalue weighted by molar-refractivity contribution is -0.274. The van der Waals surface area contributed by atoms with Gasteiger partial charge < -0.3 is 24.6 Å². The summed E-state index contributed by atoms with van der Waals surface area (Å²) in [6, 6.07) is 16.4. The van der Waals surface area contributed by atoms with Gasteiger partial charge in [0.1, 0.15) is 17.9 Å². The summed E-state index contributed by atoms with van der Waals surface area (Å²) in [4.78, 5) is 30.3. The van der Waals surface area contributed by atoms with Crippen LogP contribution in [0, 0.1) is 11.8 Å². The molecule has 1 saturated heterocycles. The van der Waals surface area contributed by atoms with E-state index in [1.165, 1.54) is 37.1 Å². The predicted molar refractivity (Wildman–Crippen MR) is 156 cm³/mol. The van der Waals surface area contributed by atoms with E-state index >= 15 is 0 Å². The van der Waals surface area contributed by atoms with Gasteiger partial charge in [0.05, 0.1) is 7.11 Å². The fourth-order valence-corrected chi connectivity index (χ4v) is 5.78. The number of aromatic hydroxyl groups is 1. The van der Waals surface area contributed by atoms with Gasteiger partial charge in [-0.25, -0.2) is 9.78 Å². The van der Waals surface area contributed by atoms with E-state index in [1.54, 1.807) is 12.1 Å². The van der Waals surface area contributed by atoms with Crippen LogP contribution in [0.2, 0.25) is 0 Å². The van der Waals surface area contributed by atoms with Crippen molar-refractivity contribution >= 4 is 11.9 Å². The number of pyridine rings is 1. The van der Waals surface area contributed by atoms with Crippen LogP contribution in [-0.2, 0) is 22.4 Å². The maximum Gasteiger partial charge on any atom is 0.573 e. The molecule has 3 aromatic rings. The minimum absolute atomic E-state index is 0.0787. The van der Waals surface area contributed by atoms with Gasteiger partial charge in [0.25, 0.3) is 5.91 Å². The molecule has 44 heavy (non-hydrogen) atoms. The molecule has 0 spiro atoms.